The van der Waals surface area contributed by atoms with E-state index in [2.05, 4.69) is 36.3 Å². The molecule has 2 heterocycles. The molecule has 0 aromatic carbocycles. The molecule has 76 valence electrons. The third-order valence-electron chi connectivity index (χ3n) is 2.92. The number of pyridine rings is 1. The normalized spacial score (nSPS) is 21.4. The van der Waals surface area contributed by atoms with Crippen molar-refractivity contribution >= 4 is 0 Å². The van der Waals surface area contributed by atoms with Gasteiger partial charge in [0, 0.05) is 30.7 Å². The van der Waals surface area contributed by atoms with Gasteiger partial charge in [-0.05, 0) is 31.5 Å². The zero-order chi connectivity index (χ0) is 9.97. The van der Waals surface area contributed by atoms with Gasteiger partial charge in [-0.3, -0.25) is 4.98 Å². The number of aryl methyl sites for hydroxylation is 2. The number of rotatable bonds is 2. The van der Waals surface area contributed by atoms with Crippen LogP contribution in [0.15, 0.2) is 12.1 Å². The number of nitrogens with zero attached hydrogens (tertiary/aromatic N) is 1. The van der Waals surface area contributed by atoms with Crippen LogP contribution in [0.2, 0.25) is 0 Å². The molecule has 1 fully saturated rings. The number of quaternary nitrogens is 1. The maximum absolute atomic E-state index is 4.40. The molecule has 1 aromatic rings. The van der Waals surface area contributed by atoms with Gasteiger partial charge in [0.1, 0.15) is 0 Å². The summed E-state index contributed by atoms with van der Waals surface area (Å²) >= 11 is 0. The Balaban J connectivity index is 2.07. The molecular formula is C12H19N2+. The van der Waals surface area contributed by atoms with Crippen molar-refractivity contribution < 1.29 is 5.32 Å². The quantitative estimate of drug-likeness (QED) is 0.741. The predicted octanol–water partition coefficient (Wildman–Crippen LogP) is 0.967. The highest BCUT2D eigenvalue weighted by Gasteiger charge is 2.18. The highest BCUT2D eigenvalue weighted by Crippen LogP contribution is 2.10. The van der Waals surface area contributed by atoms with Gasteiger partial charge in [0.2, 0.25) is 0 Å². The number of nitrogens with two attached hydrogens (primary N) is 1. The first kappa shape index (κ1) is 9.66. The van der Waals surface area contributed by atoms with Crippen LogP contribution in [0.5, 0.6) is 0 Å². The topological polar surface area (TPSA) is 29.5 Å². The van der Waals surface area contributed by atoms with Crippen molar-refractivity contribution in [3.05, 3.63) is 29.1 Å². The molecule has 0 spiro atoms. The van der Waals surface area contributed by atoms with Gasteiger partial charge in [-0.25, -0.2) is 0 Å². The van der Waals surface area contributed by atoms with Crippen LogP contribution >= 0.6 is 0 Å². The van der Waals surface area contributed by atoms with Crippen molar-refractivity contribution in [3.63, 3.8) is 0 Å². The van der Waals surface area contributed by atoms with Gasteiger partial charge in [0.05, 0.1) is 12.6 Å². The molecule has 14 heavy (non-hydrogen) atoms. The lowest BCUT2D eigenvalue weighted by Gasteiger charge is -2.08. The SMILES string of the molecule is Cc1cc(C[C@@H]2CCC[NH2+]2)cc(C)n1. The summed E-state index contributed by atoms with van der Waals surface area (Å²) in [5.41, 5.74) is 3.76. The Hall–Kier alpha value is -0.890. The fraction of sp³-hybridized carbons (Fsp3) is 0.583. The van der Waals surface area contributed by atoms with Crippen LogP contribution in [0.1, 0.15) is 29.8 Å². The standard InChI is InChI=1S/C12H18N2/c1-9-6-11(7-10(2)14-9)8-12-4-3-5-13-12/h6-7,12-13H,3-5,8H2,1-2H3/p+1/t12-/m0/s1. The average molecular weight is 191 g/mol. The van der Waals surface area contributed by atoms with Crippen molar-refractivity contribution in [2.75, 3.05) is 6.54 Å². The highest BCUT2D eigenvalue weighted by molar-refractivity contribution is 5.20. The Morgan fingerprint density at radius 2 is 2.07 bits per heavy atom. The van der Waals surface area contributed by atoms with Gasteiger partial charge in [0.25, 0.3) is 0 Å². The summed E-state index contributed by atoms with van der Waals surface area (Å²) in [6.07, 6.45) is 3.97. The zero-order valence-corrected chi connectivity index (χ0v) is 9.09. The molecular weight excluding hydrogens is 172 g/mol. The van der Waals surface area contributed by atoms with Crippen LogP contribution in [0.25, 0.3) is 0 Å². The van der Waals surface area contributed by atoms with Gasteiger partial charge >= 0.3 is 0 Å². The second-order valence-electron chi connectivity index (χ2n) is 4.39. The molecule has 0 radical (unpaired) electrons. The summed E-state index contributed by atoms with van der Waals surface area (Å²) in [7, 11) is 0. The summed E-state index contributed by atoms with van der Waals surface area (Å²) < 4.78 is 0. The van der Waals surface area contributed by atoms with Crippen LogP contribution < -0.4 is 5.32 Å². The molecule has 1 aliphatic rings. The van der Waals surface area contributed by atoms with E-state index < -0.39 is 0 Å². The first-order chi connectivity index (χ1) is 6.74. The van der Waals surface area contributed by atoms with E-state index in [9.17, 15) is 0 Å². The second-order valence-corrected chi connectivity index (χ2v) is 4.39. The molecule has 0 aliphatic carbocycles. The van der Waals surface area contributed by atoms with E-state index in [-0.39, 0.29) is 0 Å². The lowest BCUT2D eigenvalue weighted by atomic mass is 10.0. The van der Waals surface area contributed by atoms with Crippen molar-refractivity contribution in [2.24, 2.45) is 0 Å². The first-order valence-corrected chi connectivity index (χ1v) is 5.51. The highest BCUT2D eigenvalue weighted by atomic mass is 14.9. The lowest BCUT2D eigenvalue weighted by Crippen LogP contribution is -2.87. The lowest BCUT2D eigenvalue weighted by molar-refractivity contribution is -0.669. The van der Waals surface area contributed by atoms with Crippen molar-refractivity contribution in [2.45, 2.75) is 39.2 Å². The molecule has 2 nitrogen and oxygen atoms in total. The van der Waals surface area contributed by atoms with E-state index in [1.807, 2.05) is 0 Å². The van der Waals surface area contributed by atoms with Crippen LogP contribution in [0.3, 0.4) is 0 Å². The summed E-state index contributed by atoms with van der Waals surface area (Å²) in [5.74, 6) is 0. The van der Waals surface area contributed by atoms with Crippen molar-refractivity contribution in [3.8, 4) is 0 Å². The number of hydrogen-bond donors (Lipinski definition) is 1. The maximum Gasteiger partial charge on any atom is 0.0902 e. The molecule has 1 atom stereocenters. The summed E-state index contributed by atoms with van der Waals surface area (Å²) in [6, 6.07) is 5.26. The number of aromatic nitrogens is 1. The Labute approximate surface area is 85.7 Å². The van der Waals surface area contributed by atoms with Gasteiger partial charge in [-0.15, -0.1) is 0 Å². The minimum Gasteiger partial charge on any atom is -0.344 e. The van der Waals surface area contributed by atoms with Crippen LogP contribution in [-0.4, -0.2) is 17.6 Å². The van der Waals surface area contributed by atoms with Crippen molar-refractivity contribution in [1.82, 2.24) is 4.98 Å². The molecule has 2 heteroatoms. The van der Waals surface area contributed by atoms with E-state index in [0.29, 0.717) is 0 Å². The Bertz CT molecular complexity index is 294. The molecule has 0 amide bonds. The summed E-state index contributed by atoms with van der Waals surface area (Å²) in [5, 5.41) is 2.48. The fourth-order valence-corrected chi connectivity index (χ4v) is 2.38. The van der Waals surface area contributed by atoms with Gasteiger partial charge < -0.3 is 5.32 Å². The van der Waals surface area contributed by atoms with E-state index >= 15 is 0 Å². The van der Waals surface area contributed by atoms with E-state index in [1.54, 1.807) is 0 Å². The molecule has 1 aliphatic heterocycles. The molecule has 1 aromatic heterocycles. The van der Waals surface area contributed by atoms with E-state index in [0.717, 1.165) is 17.4 Å². The van der Waals surface area contributed by atoms with Crippen LogP contribution in [0.4, 0.5) is 0 Å². The minimum absolute atomic E-state index is 0.816. The number of hydrogen-bond acceptors (Lipinski definition) is 1. The summed E-state index contributed by atoms with van der Waals surface area (Å²) in [4.78, 5) is 4.40. The minimum atomic E-state index is 0.816. The van der Waals surface area contributed by atoms with Gasteiger partial charge in [0.15, 0.2) is 0 Å². The third-order valence-corrected chi connectivity index (χ3v) is 2.92. The molecule has 0 saturated carbocycles. The first-order valence-electron chi connectivity index (χ1n) is 5.51. The largest absolute Gasteiger partial charge is 0.344 e. The van der Waals surface area contributed by atoms with Gasteiger partial charge in [-0.2, -0.15) is 0 Å². The zero-order valence-electron chi connectivity index (χ0n) is 9.09. The Morgan fingerprint density at radius 1 is 1.36 bits per heavy atom. The molecule has 1 saturated heterocycles. The smallest absolute Gasteiger partial charge is 0.0902 e. The average Bonchev–Trinajstić information content (AvgIpc) is 2.54. The maximum atomic E-state index is 4.40. The Morgan fingerprint density at radius 3 is 2.64 bits per heavy atom. The van der Waals surface area contributed by atoms with Crippen LogP contribution in [-0.2, 0) is 6.42 Å². The van der Waals surface area contributed by atoms with Crippen molar-refractivity contribution in [1.29, 1.82) is 0 Å². The fourth-order valence-electron chi connectivity index (χ4n) is 2.38. The van der Waals surface area contributed by atoms with E-state index in [4.69, 9.17) is 0 Å². The third kappa shape index (κ3) is 2.32. The second kappa shape index (κ2) is 4.09. The summed E-state index contributed by atoms with van der Waals surface area (Å²) in [6.45, 7) is 5.47. The Kier molecular flexibility index (Phi) is 2.82. The van der Waals surface area contributed by atoms with Gasteiger partial charge in [-0.1, -0.05) is 0 Å². The van der Waals surface area contributed by atoms with E-state index in [1.165, 1.54) is 31.4 Å². The molecule has 0 bridgehead atoms. The molecule has 0 unspecified atom stereocenters. The molecule has 2 N–H and O–H groups in total. The molecule has 2 rings (SSSR count). The van der Waals surface area contributed by atoms with Crippen LogP contribution in [0, 0.1) is 13.8 Å². The predicted molar refractivity (Wildman–Crippen MR) is 57.2 cm³/mol. The monoisotopic (exact) mass is 191 g/mol.